The van der Waals surface area contributed by atoms with E-state index in [4.69, 9.17) is 0 Å². The molecule has 2 atom stereocenters. The molecule has 1 heterocycles. The first-order valence-electron chi connectivity index (χ1n) is 9.03. The maximum Gasteiger partial charge on any atom is 0.115 e. The van der Waals surface area contributed by atoms with Gasteiger partial charge in [0.2, 0.25) is 0 Å². The molecule has 1 N–H and O–H groups in total. The van der Waals surface area contributed by atoms with Crippen molar-refractivity contribution in [1.29, 1.82) is 0 Å². The molecule has 0 bridgehead atoms. The van der Waals surface area contributed by atoms with Gasteiger partial charge in [0.15, 0.2) is 0 Å². The molecule has 0 spiro atoms. The Morgan fingerprint density at radius 3 is 2.56 bits per heavy atom. The van der Waals surface area contributed by atoms with Crippen LogP contribution in [0.5, 0.6) is 5.75 Å². The molecule has 2 unspecified atom stereocenters. The quantitative estimate of drug-likeness (QED) is 0.837. The molecular weight excluding hydrogens is 308 g/mol. The van der Waals surface area contributed by atoms with Crippen LogP contribution in [0.2, 0.25) is 0 Å². The van der Waals surface area contributed by atoms with Gasteiger partial charge in [-0.05, 0) is 37.1 Å². The van der Waals surface area contributed by atoms with E-state index < -0.39 is 0 Å². The minimum absolute atomic E-state index is 0.161. The first-order chi connectivity index (χ1) is 12.1. The number of aryl methyl sites for hydroxylation is 1. The molecule has 3 rings (SSSR count). The predicted molar refractivity (Wildman–Crippen MR) is 104 cm³/mol. The maximum absolute atomic E-state index is 9.99. The number of nitrogens with zero attached hydrogens (tertiary/aromatic N) is 2. The lowest BCUT2D eigenvalue weighted by atomic mass is 9.94. The van der Waals surface area contributed by atoms with Gasteiger partial charge in [-0.2, -0.15) is 0 Å². The van der Waals surface area contributed by atoms with Gasteiger partial charge in [0.25, 0.3) is 0 Å². The lowest BCUT2D eigenvalue weighted by Gasteiger charge is -2.44. The Morgan fingerprint density at radius 2 is 1.92 bits per heavy atom. The third-order valence-electron chi connectivity index (χ3n) is 5.06. The van der Waals surface area contributed by atoms with E-state index in [9.17, 15) is 5.11 Å². The first kappa shape index (κ1) is 17.7. The monoisotopic (exact) mass is 336 g/mol. The van der Waals surface area contributed by atoms with Crippen molar-refractivity contribution in [3.8, 4) is 5.75 Å². The molecule has 132 valence electrons. The minimum Gasteiger partial charge on any atom is -0.508 e. The summed E-state index contributed by atoms with van der Waals surface area (Å²) in [5.41, 5.74) is 3.69. The predicted octanol–water partition coefficient (Wildman–Crippen LogP) is 3.98. The summed E-state index contributed by atoms with van der Waals surface area (Å²) >= 11 is 0. The largest absolute Gasteiger partial charge is 0.508 e. The number of benzene rings is 2. The van der Waals surface area contributed by atoms with Crippen LogP contribution in [0.3, 0.4) is 0 Å². The van der Waals surface area contributed by atoms with E-state index in [1.165, 1.54) is 11.1 Å². The Kier molecular flexibility index (Phi) is 5.57. The van der Waals surface area contributed by atoms with E-state index in [2.05, 4.69) is 60.6 Å². The highest BCUT2D eigenvalue weighted by Gasteiger charge is 2.31. The van der Waals surface area contributed by atoms with Gasteiger partial charge in [-0.25, -0.2) is 0 Å². The Labute approximate surface area is 151 Å². The summed E-state index contributed by atoms with van der Waals surface area (Å²) in [6.45, 7) is 12.3. The fourth-order valence-electron chi connectivity index (χ4n) is 3.80. The summed E-state index contributed by atoms with van der Waals surface area (Å²) in [5.74, 6) is 0.326. The van der Waals surface area contributed by atoms with Crippen LogP contribution in [-0.2, 0) is 0 Å². The van der Waals surface area contributed by atoms with Crippen molar-refractivity contribution >= 4 is 0 Å². The van der Waals surface area contributed by atoms with Crippen molar-refractivity contribution in [2.75, 3.05) is 26.2 Å². The molecular formula is C22H28N2O. The summed E-state index contributed by atoms with van der Waals surface area (Å²) in [5, 5.41) is 9.99. The summed E-state index contributed by atoms with van der Waals surface area (Å²) in [6.07, 6.45) is 1.98. The van der Waals surface area contributed by atoms with Crippen LogP contribution in [0, 0.1) is 6.92 Å². The van der Waals surface area contributed by atoms with Gasteiger partial charge in [0, 0.05) is 32.2 Å². The highest BCUT2D eigenvalue weighted by molar-refractivity contribution is 5.37. The average molecular weight is 336 g/mol. The van der Waals surface area contributed by atoms with Crippen LogP contribution >= 0.6 is 0 Å². The second kappa shape index (κ2) is 7.85. The molecule has 0 saturated carbocycles. The van der Waals surface area contributed by atoms with Crippen molar-refractivity contribution in [2.24, 2.45) is 0 Å². The normalized spacial score (nSPS) is 20.3. The van der Waals surface area contributed by atoms with E-state index in [1.807, 2.05) is 18.2 Å². The molecule has 3 nitrogen and oxygen atoms in total. The number of phenols is 1. The lowest BCUT2D eigenvalue weighted by molar-refractivity contribution is 0.0670. The van der Waals surface area contributed by atoms with Crippen molar-refractivity contribution < 1.29 is 5.11 Å². The molecule has 0 amide bonds. The van der Waals surface area contributed by atoms with Crippen molar-refractivity contribution in [2.45, 2.75) is 25.9 Å². The molecule has 2 aromatic carbocycles. The maximum atomic E-state index is 9.99. The molecule has 0 aromatic heterocycles. The van der Waals surface area contributed by atoms with Crippen molar-refractivity contribution in [3.63, 3.8) is 0 Å². The molecule has 1 saturated heterocycles. The molecule has 1 fully saturated rings. The van der Waals surface area contributed by atoms with Crippen LogP contribution < -0.4 is 0 Å². The number of hydrogen-bond donors (Lipinski definition) is 1. The smallest absolute Gasteiger partial charge is 0.115 e. The van der Waals surface area contributed by atoms with Gasteiger partial charge >= 0.3 is 0 Å². The van der Waals surface area contributed by atoms with E-state index >= 15 is 0 Å². The third kappa shape index (κ3) is 4.12. The first-order valence-corrected chi connectivity index (χ1v) is 9.03. The zero-order valence-corrected chi connectivity index (χ0v) is 15.2. The van der Waals surface area contributed by atoms with Crippen LogP contribution in [0.1, 0.15) is 29.7 Å². The van der Waals surface area contributed by atoms with E-state index in [-0.39, 0.29) is 6.04 Å². The van der Waals surface area contributed by atoms with Crippen LogP contribution in [0.4, 0.5) is 0 Å². The number of piperazine rings is 1. The number of aromatic hydroxyl groups is 1. The van der Waals surface area contributed by atoms with Gasteiger partial charge in [-0.3, -0.25) is 9.80 Å². The zero-order valence-electron chi connectivity index (χ0n) is 15.2. The van der Waals surface area contributed by atoms with Crippen molar-refractivity contribution in [3.05, 3.63) is 77.9 Å². The fraction of sp³-hybridized carbons (Fsp3) is 0.364. The highest BCUT2D eigenvalue weighted by Crippen LogP contribution is 2.33. The zero-order chi connectivity index (χ0) is 17.8. The summed E-state index contributed by atoms with van der Waals surface area (Å²) in [4.78, 5) is 5.00. The van der Waals surface area contributed by atoms with Gasteiger partial charge in [-0.15, -0.1) is 6.58 Å². The molecule has 1 aliphatic rings. The average Bonchev–Trinajstić information content (AvgIpc) is 2.59. The third-order valence-corrected chi connectivity index (χ3v) is 5.06. The van der Waals surface area contributed by atoms with E-state index in [0.717, 1.165) is 31.7 Å². The number of rotatable bonds is 5. The van der Waals surface area contributed by atoms with Crippen LogP contribution in [0.15, 0.2) is 61.2 Å². The second-order valence-electron chi connectivity index (χ2n) is 7.04. The molecule has 3 heteroatoms. The molecule has 2 aromatic rings. The van der Waals surface area contributed by atoms with Crippen LogP contribution in [-0.4, -0.2) is 47.1 Å². The molecule has 0 radical (unpaired) electrons. The molecule has 1 aliphatic heterocycles. The summed E-state index contributed by atoms with van der Waals surface area (Å²) < 4.78 is 0. The Balaban J connectivity index is 1.94. The van der Waals surface area contributed by atoms with Crippen molar-refractivity contribution in [1.82, 2.24) is 9.80 Å². The molecule has 25 heavy (non-hydrogen) atoms. The minimum atomic E-state index is 0.161. The Hall–Kier alpha value is -2.10. The lowest BCUT2D eigenvalue weighted by Crippen LogP contribution is -2.53. The topological polar surface area (TPSA) is 26.7 Å². The highest BCUT2D eigenvalue weighted by atomic mass is 16.3. The van der Waals surface area contributed by atoms with Crippen LogP contribution in [0.25, 0.3) is 0 Å². The Morgan fingerprint density at radius 1 is 1.16 bits per heavy atom. The van der Waals surface area contributed by atoms with Gasteiger partial charge in [0.05, 0.1) is 6.04 Å². The van der Waals surface area contributed by atoms with Gasteiger partial charge in [0.1, 0.15) is 5.75 Å². The van der Waals surface area contributed by atoms with E-state index in [0.29, 0.717) is 11.8 Å². The second-order valence-corrected chi connectivity index (χ2v) is 7.04. The standard InChI is InChI=1S/C22H28N2O/c1-4-12-23-13-14-24(18(3)16-23)22(19-10-8-17(2)9-11-19)20-6-5-7-21(25)15-20/h4-11,15,18,22,25H,1,12-14,16H2,2-3H3. The number of phenolic OH excluding ortho intramolecular Hbond substituents is 1. The summed E-state index contributed by atoms with van der Waals surface area (Å²) in [6, 6.07) is 17.1. The molecule has 0 aliphatic carbocycles. The van der Waals surface area contributed by atoms with E-state index in [1.54, 1.807) is 6.07 Å². The SMILES string of the molecule is C=CCN1CCN(C(c2ccc(C)cc2)c2cccc(O)c2)C(C)C1. The fourth-order valence-corrected chi connectivity index (χ4v) is 3.80. The summed E-state index contributed by atoms with van der Waals surface area (Å²) in [7, 11) is 0. The van der Waals surface area contributed by atoms with Gasteiger partial charge < -0.3 is 5.11 Å². The van der Waals surface area contributed by atoms with Gasteiger partial charge in [-0.1, -0.05) is 48.0 Å². The number of hydrogen-bond acceptors (Lipinski definition) is 3. The Bertz CT molecular complexity index is 710.